The van der Waals surface area contributed by atoms with Crippen LogP contribution in [0.15, 0.2) is 93.8 Å². The van der Waals surface area contributed by atoms with Crippen molar-refractivity contribution in [3.05, 3.63) is 89.5 Å². The third-order valence-corrected chi connectivity index (χ3v) is 6.64. The molecule has 166 valence electrons. The number of aromatic nitrogens is 1. The van der Waals surface area contributed by atoms with Gasteiger partial charge >= 0.3 is 0 Å². The van der Waals surface area contributed by atoms with Gasteiger partial charge in [-0.25, -0.2) is 15.0 Å². The Kier molecular flexibility index (Phi) is 5.08. The predicted octanol–water partition coefficient (Wildman–Crippen LogP) is 5.67. The zero-order chi connectivity index (χ0) is 23.2. The number of aryl methyl sites for hydroxylation is 1. The lowest BCUT2D eigenvalue weighted by Gasteiger charge is -2.51. The molecule has 3 aliphatic rings. The van der Waals surface area contributed by atoms with E-state index in [0.717, 1.165) is 34.3 Å². The summed E-state index contributed by atoms with van der Waals surface area (Å²) in [5, 5.41) is 0. The molecule has 2 aromatic rings. The summed E-state index contributed by atoms with van der Waals surface area (Å²) in [6.45, 7) is 8.14. The van der Waals surface area contributed by atoms with Gasteiger partial charge in [-0.1, -0.05) is 44.2 Å². The molecule has 1 aromatic carbocycles. The van der Waals surface area contributed by atoms with E-state index >= 15 is 0 Å². The standard InChI is InChI=1S/C27H27N5O/c1-5-27(6-2)24(32(26(27)33)20-14-8-7-9-15-20)23-25(29-21-16-10-12-18(3)28-21)31-19(4)13-11-17-22(31)30-23/h7-17H,5-6H2,1-4H3/b24-23-,29-25+. The Morgan fingerprint density at radius 3 is 2.42 bits per heavy atom. The SMILES string of the molecule is CCC1(CC)C(=O)N(c2ccccc2)/C1=C1\N=C2C=CC=C(C)N2\C1=N\c1cccc(C)n1. The van der Waals surface area contributed by atoms with Crippen molar-refractivity contribution in [2.75, 3.05) is 4.90 Å². The number of allylic oxidation sites excluding steroid dienone is 3. The molecular formula is C27H27N5O. The van der Waals surface area contributed by atoms with E-state index < -0.39 is 5.41 Å². The Balaban J connectivity index is 1.77. The van der Waals surface area contributed by atoms with Crippen LogP contribution in [0.25, 0.3) is 0 Å². The van der Waals surface area contributed by atoms with Gasteiger partial charge < -0.3 is 0 Å². The van der Waals surface area contributed by atoms with Crippen LogP contribution < -0.4 is 4.90 Å². The number of carbonyl (C=O) groups is 1. The van der Waals surface area contributed by atoms with Crippen molar-refractivity contribution in [2.45, 2.75) is 40.5 Å². The second-order valence-electron chi connectivity index (χ2n) is 8.51. The maximum Gasteiger partial charge on any atom is 0.243 e. The highest BCUT2D eigenvalue weighted by atomic mass is 16.2. The average Bonchev–Trinajstić information content (AvgIpc) is 3.17. The third kappa shape index (κ3) is 3.17. The zero-order valence-corrected chi connectivity index (χ0v) is 19.4. The number of fused-ring (bicyclic) bond motifs is 1. The number of nitrogens with zero attached hydrogens (tertiary/aromatic N) is 5. The Morgan fingerprint density at radius 1 is 0.970 bits per heavy atom. The molecule has 1 saturated heterocycles. The van der Waals surface area contributed by atoms with Crippen molar-refractivity contribution in [1.29, 1.82) is 0 Å². The summed E-state index contributed by atoms with van der Waals surface area (Å²) < 4.78 is 0. The number of amides is 1. The number of hydrogen-bond donors (Lipinski definition) is 0. The van der Waals surface area contributed by atoms with Crippen molar-refractivity contribution in [3.63, 3.8) is 0 Å². The van der Waals surface area contributed by atoms with Crippen LogP contribution in [-0.2, 0) is 4.79 Å². The normalized spacial score (nSPS) is 22.3. The molecule has 1 fully saturated rings. The van der Waals surface area contributed by atoms with Gasteiger partial charge in [-0.05, 0) is 63.1 Å². The van der Waals surface area contributed by atoms with Crippen molar-refractivity contribution in [1.82, 2.24) is 9.88 Å². The Bertz CT molecular complexity index is 1280. The van der Waals surface area contributed by atoms with E-state index in [-0.39, 0.29) is 5.91 Å². The fraction of sp³-hybridized carbons (Fsp3) is 0.259. The molecule has 0 atom stereocenters. The molecule has 3 aliphatic heterocycles. The van der Waals surface area contributed by atoms with E-state index in [2.05, 4.69) is 18.8 Å². The summed E-state index contributed by atoms with van der Waals surface area (Å²) in [5.41, 5.74) is 3.83. The van der Waals surface area contributed by atoms with E-state index in [9.17, 15) is 4.79 Å². The quantitative estimate of drug-likeness (QED) is 0.579. The van der Waals surface area contributed by atoms with Gasteiger partial charge in [-0.15, -0.1) is 0 Å². The van der Waals surface area contributed by atoms with Crippen LogP contribution in [0.5, 0.6) is 0 Å². The van der Waals surface area contributed by atoms with Crippen molar-refractivity contribution in [3.8, 4) is 0 Å². The van der Waals surface area contributed by atoms with Crippen LogP contribution >= 0.6 is 0 Å². The molecule has 1 amide bonds. The zero-order valence-electron chi connectivity index (χ0n) is 19.4. The summed E-state index contributed by atoms with van der Waals surface area (Å²) in [5.74, 6) is 2.24. The van der Waals surface area contributed by atoms with Crippen molar-refractivity contribution >= 4 is 29.1 Å². The Hall–Kier alpha value is -3.80. The molecule has 5 rings (SSSR count). The molecule has 0 saturated carbocycles. The van der Waals surface area contributed by atoms with Gasteiger partial charge in [0.1, 0.15) is 11.5 Å². The molecule has 6 heteroatoms. The van der Waals surface area contributed by atoms with Gasteiger partial charge in [-0.2, -0.15) is 0 Å². The highest BCUT2D eigenvalue weighted by Crippen LogP contribution is 2.53. The van der Waals surface area contributed by atoms with Gasteiger partial charge in [0.25, 0.3) is 0 Å². The highest BCUT2D eigenvalue weighted by Gasteiger charge is 2.58. The molecule has 0 bridgehead atoms. The molecule has 1 aromatic heterocycles. The van der Waals surface area contributed by atoms with E-state index in [1.54, 1.807) is 0 Å². The molecule has 33 heavy (non-hydrogen) atoms. The lowest BCUT2D eigenvalue weighted by Crippen LogP contribution is -2.60. The lowest BCUT2D eigenvalue weighted by atomic mass is 9.69. The summed E-state index contributed by atoms with van der Waals surface area (Å²) in [4.78, 5) is 32.0. The van der Waals surface area contributed by atoms with Gasteiger partial charge in [-0.3, -0.25) is 14.6 Å². The minimum atomic E-state index is -0.591. The molecular weight excluding hydrogens is 410 g/mol. The maximum absolute atomic E-state index is 13.6. The fourth-order valence-corrected chi connectivity index (χ4v) is 4.82. The lowest BCUT2D eigenvalue weighted by molar-refractivity contribution is -0.131. The second kappa shape index (κ2) is 7.96. The first kappa shape index (κ1) is 21.1. The number of benzene rings is 1. The molecule has 0 N–H and O–H groups in total. The Labute approximate surface area is 194 Å². The molecule has 0 aliphatic carbocycles. The largest absolute Gasteiger partial charge is 0.281 e. The van der Waals surface area contributed by atoms with E-state index in [0.29, 0.717) is 24.5 Å². The van der Waals surface area contributed by atoms with E-state index in [4.69, 9.17) is 9.98 Å². The van der Waals surface area contributed by atoms with Crippen LogP contribution in [0, 0.1) is 12.3 Å². The Morgan fingerprint density at radius 2 is 1.73 bits per heavy atom. The summed E-state index contributed by atoms with van der Waals surface area (Å²) in [7, 11) is 0. The predicted molar refractivity (Wildman–Crippen MR) is 132 cm³/mol. The number of pyridine rings is 1. The van der Waals surface area contributed by atoms with Crippen molar-refractivity contribution in [2.24, 2.45) is 15.4 Å². The van der Waals surface area contributed by atoms with Gasteiger partial charge in [0.05, 0.1) is 11.1 Å². The first-order valence-electron chi connectivity index (χ1n) is 11.4. The number of anilines is 1. The molecule has 0 radical (unpaired) electrons. The minimum Gasteiger partial charge on any atom is -0.281 e. The first-order chi connectivity index (χ1) is 16.0. The van der Waals surface area contributed by atoms with Crippen molar-refractivity contribution < 1.29 is 4.79 Å². The number of β-lactam (4-membered cyclic amide) rings is 1. The van der Waals surface area contributed by atoms with Crippen LogP contribution in [0.3, 0.4) is 0 Å². The fourth-order valence-electron chi connectivity index (χ4n) is 4.82. The molecule has 0 spiro atoms. The molecule has 6 nitrogen and oxygen atoms in total. The summed E-state index contributed by atoms with van der Waals surface area (Å²) >= 11 is 0. The van der Waals surface area contributed by atoms with E-state index in [1.165, 1.54) is 0 Å². The minimum absolute atomic E-state index is 0.113. The maximum atomic E-state index is 13.6. The first-order valence-corrected chi connectivity index (χ1v) is 11.4. The number of rotatable bonds is 4. The number of amidine groups is 2. The van der Waals surface area contributed by atoms with E-state index in [1.807, 2.05) is 90.4 Å². The average molecular weight is 438 g/mol. The van der Waals surface area contributed by atoms with Crippen LogP contribution in [0.2, 0.25) is 0 Å². The molecule has 4 heterocycles. The highest BCUT2D eigenvalue weighted by molar-refractivity contribution is 6.23. The smallest absolute Gasteiger partial charge is 0.243 e. The van der Waals surface area contributed by atoms with Crippen LogP contribution in [-0.4, -0.2) is 27.5 Å². The van der Waals surface area contributed by atoms with Crippen LogP contribution in [0.4, 0.5) is 11.5 Å². The summed E-state index contributed by atoms with van der Waals surface area (Å²) in [6.07, 6.45) is 7.42. The summed E-state index contributed by atoms with van der Waals surface area (Å²) in [6, 6.07) is 15.6. The van der Waals surface area contributed by atoms with Gasteiger partial charge in [0.15, 0.2) is 11.7 Å². The number of aliphatic imine (C=N–C) groups is 2. The number of hydrogen-bond acceptors (Lipinski definition) is 4. The number of carbonyl (C=O) groups excluding carboxylic acids is 1. The second-order valence-corrected chi connectivity index (χ2v) is 8.51. The van der Waals surface area contributed by atoms with Crippen LogP contribution in [0.1, 0.15) is 39.3 Å². The van der Waals surface area contributed by atoms with Gasteiger partial charge in [0, 0.05) is 17.1 Å². The van der Waals surface area contributed by atoms with Gasteiger partial charge in [0.2, 0.25) is 5.91 Å². The molecule has 0 unspecified atom stereocenters. The number of para-hydroxylation sites is 1. The topological polar surface area (TPSA) is 61.2 Å². The third-order valence-electron chi connectivity index (χ3n) is 6.64. The monoisotopic (exact) mass is 437 g/mol.